The molecule has 1 fully saturated rings. The van der Waals surface area contributed by atoms with Crippen LogP contribution in [0.1, 0.15) is 6.42 Å². The number of fused-ring (bicyclic) bond motifs is 1. The zero-order valence-electron chi connectivity index (χ0n) is 15.0. The van der Waals surface area contributed by atoms with Crippen LogP contribution in [0.3, 0.4) is 0 Å². The van der Waals surface area contributed by atoms with Crippen molar-refractivity contribution in [1.82, 2.24) is 30.2 Å². The lowest BCUT2D eigenvalue weighted by molar-refractivity contribution is 0.789. The van der Waals surface area contributed by atoms with E-state index < -0.39 is 0 Å². The minimum Gasteiger partial charge on any atom is -0.365 e. The number of thiophene rings is 1. The lowest BCUT2D eigenvalue weighted by Crippen LogP contribution is -2.22. The lowest BCUT2D eigenvalue weighted by atomic mass is 10.2. The number of nitrogens with zero attached hydrogens (tertiary/aromatic N) is 5. The summed E-state index contributed by atoms with van der Waals surface area (Å²) < 4.78 is 1.09. The monoisotopic (exact) mass is 390 g/mol. The van der Waals surface area contributed by atoms with Crippen LogP contribution in [0.2, 0.25) is 0 Å². The van der Waals surface area contributed by atoms with Crippen LogP contribution in [0.25, 0.3) is 21.6 Å². The summed E-state index contributed by atoms with van der Waals surface area (Å²) >= 11 is 1.66. The van der Waals surface area contributed by atoms with Crippen molar-refractivity contribution in [2.45, 2.75) is 12.5 Å². The predicted molar refractivity (Wildman–Crippen MR) is 111 cm³/mol. The maximum Gasteiger partial charge on any atom is 0.162 e. The van der Waals surface area contributed by atoms with Crippen LogP contribution in [-0.2, 0) is 0 Å². The van der Waals surface area contributed by atoms with E-state index in [9.17, 15) is 0 Å². The molecule has 4 aromatic rings. The summed E-state index contributed by atoms with van der Waals surface area (Å²) in [7, 11) is 0. The molecule has 8 nitrogen and oxygen atoms in total. The van der Waals surface area contributed by atoms with E-state index in [1.165, 1.54) is 0 Å². The van der Waals surface area contributed by atoms with Gasteiger partial charge in [-0.15, -0.1) is 11.3 Å². The minimum absolute atomic E-state index is 0.388. The molecule has 28 heavy (non-hydrogen) atoms. The Morgan fingerprint density at radius 2 is 2.04 bits per heavy atom. The molecule has 4 aromatic heterocycles. The molecule has 5 rings (SSSR count). The quantitative estimate of drug-likeness (QED) is 0.478. The van der Waals surface area contributed by atoms with Gasteiger partial charge in [0, 0.05) is 36.7 Å². The van der Waals surface area contributed by atoms with E-state index in [1.54, 1.807) is 36.1 Å². The maximum atomic E-state index is 4.83. The zero-order chi connectivity index (χ0) is 18.8. The van der Waals surface area contributed by atoms with Crippen LogP contribution in [0.15, 0.2) is 48.4 Å². The van der Waals surface area contributed by atoms with Gasteiger partial charge in [0.15, 0.2) is 5.82 Å². The van der Waals surface area contributed by atoms with Crippen molar-refractivity contribution < 1.29 is 0 Å². The molecule has 1 saturated heterocycles. The SMILES string of the molecule is c1cnc(Nc2cc(-c3nc(N[C@@H]4CCNC4)c4sccc4n3)ccn2)cn1. The molecule has 0 radical (unpaired) electrons. The Bertz CT molecular complexity index is 1090. The molecular weight excluding hydrogens is 372 g/mol. The van der Waals surface area contributed by atoms with Crippen LogP contribution < -0.4 is 16.0 Å². The van der Waals surface area contributed by atoms with E-state index in [4.69, 9.17) is 9.97 Å². The molecule has 1 aliphatic rings. The summed E-state index contributed by atoms with van der Waals surface area (Å²) in [5.74, 6) is 2.87. The Balaban J connectivity index is 1.49. The summed E-state index contributed by atoms with van der Waals surface area (Å²) in [6.07, 6.45) is 7.75. The zero-order valence-corrected chi connectivity index (χ0v) is 15.8. The fraction of sp³-hybridized carbons (Fsp3) is 0.211. The molecule has 0 spiro atoms. The van der Waals surface area contributed by atoms with Crippen molar-refractivity contribution in [3.63, 3.8) is 0 Å². The Morgan fingerprint density at radius 3 is 2.89 bits per heavy atom. The van der Waals surface area contributed by atoms with Crippen molar-refractivity contribution in [1.29, 1.82) is 0 Å². The molecule has 1 aliphatic heterocycles. The number of hydrogen-bond acceptors (Lipinski definition) is 9. The average molecular weight is 390 g/mol. The average Bonchev–Trinajstić information content (AvgIpc) is 3.41. The van der Waals surface area contributed by atoms with Gasteiger partial charge in [-0.1, -0.05) is 0 Å². The Kier molecular flexibility index (Phi) is 4.51. The highest BCUT2D eigenvalue weighted by molar-refractivity contribution is 7.17. The van der Waals surface area contributed by atoms with Crippen LogP contribution in [0, 0.1) is 0 Å². The van der Waals surface area contributed by atoms with Crippen molar-refractivity contribution in [3.8, 4) is 11.4 Å². The van der Waals surface area contributed by atoms with Gasteiger partial charge in [-0.25, -0.2) is 19.9 Å². The maximum absolute atomic E-state index is 4.83. The van der Waals surface area contributed by atoms with Gasteiger partial charge in [-0.3, -0.25) is 4.98 Å². The third-order valence-electron chi connectivity index (χ3n) is 4.54. The second kappa shape index (κ2) is 7.45. The topological polar surface area (TPSA) is 101 Å². The second-order valence-electron chi connectivity index (χ2n) is 6.51. The summed E-state index contributed by atoms with van der Waals surface area (Å²) in [5.41, 5.74) is 1.84. The molecule has 5 heterocycles. The summed E-state index contributed by atoms with van der Waals surface area (Å²) in [6.45, 7) is 1.98. The predicted octanol–water partition coefficient (Wildman–Crippen LogP) is 3.06. The van der Waals surface area contributed by atoms with Crippen molar-refractivity contribution in [2.75, 3.05) is 23.7 Å². The standard InChI is InChI=1S/C19H18N8S/c1-5-22-15(26-16-11-21-6-7-23-16)9-12(1)18-25-14-3-8-28-17(14)19(27-18)24-13-2-4-20-10-13/h1,3,5-9,11,13,20H,2,4,10H2,(H,22,23,26)(H,24,25,27)/t13-/m1/s1. The summed E-state index contributed by atoms with van der Waals surface area (Å²) in [6, 6.07) is 6.25. The number of aromatic nitrogens is 5. The Morgan fingerprint density at radius 1 is 1.07 bits per heavy atom. The Labute approximate surface area is 165 Å². The van der Waals surface area contributed by atoms with E-state index in [2.05, 4.69) is 36.3 Å². The van der Waals surface area contributed by atoms with E-state index in [-0.39, 0.29) is 0 Å². The molecular formula is C19H18N8S. The molecule has 9 heteroatoms. The molecule has 0 amide bonds. The molecule has 140 valence electrons. The van der Waals surface area contributed by atoms with Gasteiger partial charge in [-0.05, 0) is 36.5 Å². The first-order chi connectivity index (χ1) is 13.8. The molecule has 0 aliphatic carbocycles. The van der Waals surface area contributed by atoms with Crippen LogP contribution >= 0.6 is 11.3 Å². The van der Waals surface area contributed by atoms with Crippen LogP contribution in [0.5, 0.6) is 0 Å². The normalized spacial score (nSPS) is 16.4. The summed E-state index contributed by atoms with van der Waals surface area (Å²) in [4.78, 5) is 22.2. The van der Waals surface area contributed by atoms with Crippen molar-refractivity contribution in [2.24, 2.45) is 0 Å². The first-order valence-corrected chi connectivity index (χ1v) is 9.95. The number of hydrogen-bond donors (Lipinski definition) is 3. The molecule has 0 saturated carbocycles. The molecule has 3 N–H and O–H groups in total. The molecule has 1 atom stereocenters. The fourth-order valence-electron chi connectivity index (χ4n) is 3.19. The van der Waals surface area contributed by atoms with E-state index in [0.717, 1.165) is 41.1 Å². The van der Waals surface area contributed by atoms with Crippen LogP contribution in [0.4, 0.5) is 17.5 Å². The highest BCUT2D eigenvalue weighted by Crippen LogP contribution is 2.30. The second-order valence-corrected chi connectivity index (χ2v) is 7.43. The van der Waals surface area contributed by atoms with Gasteiger partial charge in [0.1, 0.15) is 17.5 Å². The largest absolute Gasteiger partial charge is 0.365 e. The number of nitrogens with one attached hydrogen (secondary N) is 3. The first-order valence-electron chi connectivity index (χ1n) is 9.07. The van der Waals surface area contributed by atoms with E-state index in [1.807, 2.05) is 18.2 Å². The number of anilines is 3. The Hall–Kier alpha value is -3.17. The third kappa shape index (κ3) is 3.49. The minimum atomic E-state index is 0.388. The van der Waals surface area contributed by atoms with Gasteiger partial charge in [0.25, 0.3) is 0 Å². The van der Waals surface area contributed by atoms with E-state index in [0.29, 0.717) is 23.5 Å². The van der Waals surface area contributed by atoms with Gasteiger partial charge in [0.2, 0.25) is 0 Å². The summed E-state index contributed by atoms with van der Waals surface area (Å²) in [5, 5.41) is 12.2. The van der Waals surface area contributed by atoms with Crippen molar-refractivity contribution in [3.05, 3.63) is 48.4 Å². The lowest BCUT2D eigenvalue weighted by Gasteiger charge is -2.14. The third-order valence-corrected chi connectivity index (χ3v) is 5.45. The van der Waals surface area contributed by atoms with Crippen LogP contribution in [-0.4, -0.2) is 44.1 Å². The highest BCUT2D eigenvalue weighted by atomic mass is 32.1. The molecule has 0 bridgehead atoms. The number of rotatable bonds is 5. The van der Waals surface area contributed by atoms with Gasteiger partial charge in [-0.2, -0.15) is 0 Å². The smallest absolute Gasteiger partial charge is 0.162 e. The fourth-order valence-corrected chi connectivity index (χ4v) is 3.98. The van der Waals surface area contributed by atoms with Gasteiger partial charge >= 0.3 is 0 Å². The van der Waals surface area contributed by atoms with Gasteiger partial charge < -0.3 is 16.0 Å². The van der Waals surface area contributed by atoms with Crippen molar-refractivity contribution >= 4 is 39.0 Å². The van der Waals surface area contributed by atoms with E-state index >= 15 is 0 Å². The highest BCUT2D eigenvalue weighted by Gasteiger charge is 2.18. The molecule has 0 aromatic carbocycles. The first kappa shape index (κ1) is 17.0. The number of pyridine rings is 1. The molecule has 0 unspecified atom stereocenters. The van der Waals surface area contributed by atoms with Gasteiger partial charge in [0.05, 0.1) is 16.4 Å².